The Morgan fingerprint density at radius 1 is 1.05 bits per heavy atom. The largest absolute Gasteiger partial charge is 0.495 e. The van der Waals surface area contributed by atoms with E-state index >= 15 is 0 Å². The summed E-state index contributed by atoms with van der Waals surface area (Å²) in [4.78, 5) is 40.9. The SMILES string of the molecule is C=C(CC(C(=O)C1CC2C(C1C(=O)CC(CCC)C(=C)C(C)=O)C2(C)C)C1CC2=C(C=C=C=C2)C1)OC(C)C(C)C. The Balaban J connectivity index is 1.59. The predicted molar refractivity (Wildman–Crippen MR) is 164 cm³/mol. The molecule has 222 valence electrons. The third kappa shape index (κ3) is 6.40. The molecule has 4 heteroatoms. The van der Waals surface area contributed by atoms with Crippen molar-refractivity contribution in [2.75, 3.05) is 0 Å². The number of hydrogen-bond donors (Lipinski definition) is 0. The predicted octanol–water partition coefficient (Wildman–Crippen LogP) is 8.15. The quantitative estimate of drug-likeness (QED) is 0.116. The van der Waals surface area contributed by atoms with E-state index in [-0.39, 0.29) is 64.4 Å². The molecule has 0 saturated heterocycles. The van der Waals surface area contributed by atoms with Crippen molar-refractivity contribution in [3.8, 4) is 0 Å². The van der Waals surface area contributed by atoms with E-state index in [1.165, 1.54) is 18.1 Å². The van der Waals surface area contributed by atoms with Crippen molar-refractivity contribution in [2.24, 2.45) is 52.8 Å². The monoisotopic (exact) mass is 558 g/mol. The van der Waals surface area contributed by atoms with Crippen molar-refractivity contribution in [2.45, 2.75) is 99.5 Å². The van der Waals surface area contributed by atoms with E-state index in [2.05, 4.69) is 59.2 Å². The number of carbonyl (C=O) groups excluding carboxylic acids is 3. The average Bonchev–Trinajstić information content (AvgIpc) is 3.29. The van der Waals surface area contributed by atoms with Crippen LogP contribution in [-0.2, 0) is 19.1 Å². The highest BCUT2D eigenvalue weighted by Gasteiger charge is 2.69. The van der Waals surface area contributed by atoms with Gasteiger partial charge in [0.1, 0.15) is 11.6 Å². The highest BCUT2D eigenvalue weighted by Crippen LogP contribution is 2.71. The molecule has 4 aliphatic rings. The van der Waals surface area contributed by atoms with Crippen molar-refractivity contribution in [3.05, 3.63) is 59.3 Å². The molecule has 0 aromatic carbocycles. The molecule has 2 fully saturated rings. The molecule has 0 bridgehead atoms. The third-order valence-corrected chi connectivity index (χ3v) is 10.9. The zero-order valence-electron chi connectivity index (χ0n) is 26.3. The van der Waals surface area contributed by atoms with Gasteiger partial charge in [0, 0.05) is 30.6 Å². The maximum atomic E-state index is 14.6. The lowest BCUT2D eigenvalue weighted by atomic mass is 9.70. The molecular weight excluding hydrogens is 508 g/mol. The number of hydrogen-bond acceptors (Lipinski definition) is 4. The number of Topliss-reactive ketones (excluding diaryl/α,β-unsaturated/α-hetero) is 3. The fourth-order valence-electron chi connectivity index (χ4n) is 7.96. The summed E-state index contributed by atoms with van der Waals surface area (Å²) >= 11 is 0. The summed E-state index contributed by atoms with van der Waals surface area (Å²) in [5.74, 6) is 1.06. The number of ketones is 3. The lowest BCUT2D eigenvalue weighted by Gasteiger charge is -2.32. The van der Waals surface area contributed by atoms with Crippen LogP contribution in [0.1, 0.15) is 93.4 Å². The van der Waals surface area contributed by atoms with Crippen LogP contribution in [0.3, 0.4) is 0 Å². The van der Waals surface area contributed by atoms with Crippen LogP contribution < -0.4 is 0 Å². The van der Waals surface area contributed by atoms with Gasteiger partial charge in [-0.05, 0) is 103 Å². The lowest BCUT2D eigenvalue weighted by molar-refractivity contribution is -0.137. The summed E-state index contributed by atoms with van der Waals surface area (Å²) < 4.78 is 6.19. The van der Waals surface area contributed by atoms with Crippen LogP contribution in [0.4, 0.5) is 0 Å². The summed E-state index contributed by atoms with van der Waals surface area (Å²) in [7, 11) is 0. The lowest BCUT2D eigenvalue weighted by Crippen LogP contribution is -2.38. The first-order valence-corrected chi connectivity index (χ1v) is 15.8. The second kappa shape index (κ2) is 12.3. The molecule has 0 heterocycles. The molecule has 4 rings (SSSR count). The van der Waals surface area contributed by atoms with E-state index in [9.17, 15) is 14.4 Å². The Hall–Kier alpha value is -2.67. The Morgan fingerprint density at radius 3 is 2.20 bits per heavy atom. The molecule has 0 aromatic heterocycles. The first kappa shape index (κ1) is 31.3. The fourth-order valence-corrected chi connectivity index (χ4v) is 7.96. The van der Waals surface area contributed by atoms with Crippen LogP contribution in [0.25, 0.3) is 0 Å². The molecule has 0 aliphatic heterocycles. The van der Waals surface area contributed by atoms with Crippen LogP contribution in [0.15, 0.2) is 59.3 Å². The van der Waals surface area contributed by atoms with Gasteiger partial charge in [0.25, 0.3) is 0 Å². The standard InChI is InChI=1S/C37H50O4/c1-10-13-26(23(5)24(6)38)19-33(39)34-31(20-32-35(34)37(32,8)9)36(40)30(16-22(4)41-25(7)21(2)3)29-17-27-14-11-12-15-28(27)18-29/h14-15,21,25-26,29-32,34-35H,4-5,10,13,16-20H2,1-3,6-9H3. The highest BCUT2D eigenvalue weighted by atomic mass is 16.5. The number of rotatable bonds is 15. The Bertz CT molecular complexity index is 1220. The molecule has 41 heavy (non-hydrogen) atoms. The zero-order chi connectivity index (χ0) is 30.2. The molecule has 0 aromatic rings. The van der Waals surface area contributed by atoms with Crippen molar-refractivity contribution in [1.29, 1.82) is 0 Å². The maximum Gasteiger partial charge on any atom is 0.155 e. The van der Waals surface area contributed by atoms with Crippen molar-refractivity contribution in [3.63, 3.8) is 0 Å². The van der Waals surface area contributed by atoms with Gasteiger partial charge >= 0.3 is 0 Å². The van der Waals surface area contributed by atoms with Crippen LogP contribution in [-0.4, -0.2) is 23.5 Å². The molecule has 0 amide bonds. The van der Waals surface area contributed by atoms with E-state index in [4.69, 9.17) is 4.74 Å². The summed E-state index contributed by atoms with van der Waals surface area (Å²) in [6, 6.07) is 0. The second-order valence-electron chi connectivity index (χ2n) is 14.2. The fraction of sp³-hybridized carbons (Fsp3) is 0.649. The molecule has 0 spiro atoms. The third-order valence-electron chi connectivity index (χ3n) is 10.9. The van der Waals surface area contributed by atoms with E-state index in [0.717, 1.165) is 32.1 Å². The van der Waals surface area contributed by atoms with E-state index < -0.39 is 0 Å². The summed E-state index contributed by atoms with van der Waals surface area (Å²) in [6.45, 7) is 22.7. The van der Waals surface area contributed by atoms with E-state index in [0.29, 0.717) is 36.0 Å². The van der Waals surface area contributed by atoms with Crippen molar-refractivity contribution >= 4 is 17.3 Å². The summed E-state index contributed by atoms with van der Waals surface area (Å²) in [5, 5.41) is 0. The maximum absolute atomic E-state index is 14.6. The molecule has 4 aliphatic carbocycles. The van der Waals surface area contributed by atoms with Gasteiger partial charge in [-0.3, -0.25) is 14.4 Å². The summed E-state index contributed by atoms with van der Waals surface area (Å²) in [5.41, 5.74) is 9.23. The first-order chi connectivity index (χ1) is 19.3. The number of fused-ring (bicyclic) bond motifs is 1. The van der Waals surface area contributed by atoms with Gasteiger partial charge in [-0.25, -0.2) is 0 Å². The van der Waals surface area contributed by atoms with Crippen LogP contribution in [0.2, 0.25) is 0 Å². The van der Waals surface area contributed by atoms with Gasteiger partial charge in [0.05, 0.1) is 11.9 Å². The minimum atomic E-state index is -0.293. The normalized spacial score (nSPS) is 27.8. The van der Waals surface area contributed by atoms with Gasteiger partial charge in [-0.1, -0.05) is 65.7 Å². The van der Waals surface area contributed by atoms with Crippen LogP contribution in [0.5, 0.6) is 0 Å². The Labute approximate surface area is 247 Å². The van der Waals surface area contributed by atoms with Gasteiger partial charge in [0.2, 0.25) is 0 Å². The minimum Gasteiger partial charge on any atom is -0.495 e. The van der Waals surface area contributed by atoms with Gasteiger partial charge in [-0.2, -0.15) is 0 Å². The Morgan fingerprint density at radius 2 is 1.66 bits per heavy atom. The van der Waals surface area contributed by atoms with Gasteiger partial charge in [-0.15, -0.1) is 0 Å². The van der Waals surface area contributed by atoms with Crippen molar-refractivity contribution < 1.29 is 19.1 Å². The smallest absolute Gasteiger partial charge is 0.155 e. The molecule has 7 atom stereocenters. The molecular formula is C37H50O4. The molecule has 4 nitrogen and oxygen atoms in total. The number of carbonyl (C=O) groups is 3. The molecule has 0 N–H and O–H groups in total. The highest BCUT2D eigenvalue weighted by molar-refractivity contribution is 5.96. The Kier molecular flexibility index (Phi) is 9.37. The summed E-state index contributed by atoms with van der Waals surface area (Å²) in [6.07, 6.45) is 8.85. The zero-order valence-corrected chi connectivity index (χ0v) is 26.3. The van der Waals surface area contributed by atoms with Crippen molar-refractivity contribution in [1.82, 2.24) is 0 Å². The molecule has 0 radical (unpaired) electrons. The van der Waals surface area contributed by atoms with Crippen LogP contribution in [0, 0.1) is 52.8 Å². The van der Waals surface area contributed by atoms with Gasteiger partial charge in [0.15, 0.2) is 5.78 Å². The molecule has 2 saturated carbocycles. The molecule has 7 unspecified atom stereocenters. The van der Waals surface area contributed by atoms with Gasteiger partial charge < -0.3 is 4.74 Å². The van der Waals surface area contributed by atoms with Crippen LogP contribution >= 0.6 is 0 Å². The number of ether oxygens (including phenoxy) is 1. The number of allylic oxidation sites excluding steroid dienone is 6. The van der Waals surface area contributed by atoms with E-state index in [1.54, 1.807) is 0 Å². The first-order valence-electron chi connectivity index (χ1n) is 15.8. The topological polar surface area (TPSA) is 60.4 Å². The second-order valence-corrected chi connectivity index (χ2v) is 14.2. The average molecular weight is 559 g/mol. The van der Waals surface area contributed by atoms with E-state index in [1.807, 2.05) is 19.1 Å². The minimum absolute atomic E-state index is 0.0161.